The van der Waals surface area contributed by atoms with E-state index in [1.54, 1.807) is 0 Å². The Morgan fingerprint density at radius 1 is 1.22 bits per heavy atom. The monoisotopic (exact) mass is 325 g/mol. The van der Waals surface area contributed by atoms with Crippen molar-refractivity contribution in [3.63, 3.8) is 0 Å². The van der Waals surface area contributed by atoms with Gasteiger partial charge in [0.15, 0.2) is 0 Å². The molecule has 0 heterocycles. The van der Waals surface area contributed by atoms with E-state index in [2.05, 4.69) is 33.4 Å². The highest BCUT2D eigenvalue weighted by molar-refractivity contribution is 9.10. The van der Waals surface area contributed by atoms with E-state index in [0.717, 1.165) is 45.8 Å². The molecule has 3 saturated carbocycles. The standard InChI is InChI=1S/C15H17BrClN/c16-11-4-1-8(5-12(11)17)7-18-15-13-9-2-3-10(6-9)14(13)15/h1,4-5,9-10,13-15,18H,2-3,6-7H2. The zero-order valence-electron chi connectivity index (χ0n) is 10.2. The minimum Gasteiger partial charge on any atom is -0.309 e. The highest BCUT2D eigenvalue weighted by Crippen LogP contribution is 2.65. The van der Waals surface area contributed by atoms with Crippen LogP contribution in [0.15, 0.2) is 22.7 Å². The quantitative estimate of drug-likeness (QED) is 0.876. The Balaban J connectivity index is 1.39. The van der Waals surface area contributed by atoms with Crippen LogP contribution >= 0.6 is 27.5 Å². The molecule has 4 atom stereocenters. The van der Waals surface area contributed by atoms with Crippen LogP contribution in [-0.2, 0) is 6.54 Å². The molecule has 3 aliphatic carbocycles. The van der Waals surface area contributed by atoms with E-state index >= 15 is 0 Å². The van der Waals surface area contributed by atoms with Crippen LogP contribution < -0.4 is 5.32 Å². The maximum atomic E-state index is 6.12. The fraction of sp³-hybridized carbons (Fsp3) is 0.600. The lowest BCUT2D eigenvalue weighted by Gasteiger charge is -2.11. The van der Waals surface area contributed by atoms with Gasteiger partial charge in [-0.2, -0.15) is 0 Å². The van der Waals surface area contributed by atoms with E-state index < -0.39 is 0 Å². The summed E-state index contributed by atoms with van der Waals surface area (Å²) in [5, 5.41) is 4.56. The van der Waals surface area contributed by atoms with Gasteiger partial charge in [0.25, 0.3) is 0 Å². The third-order valence-electron chi connectivity index (χ3n) is 5.26. The summed E-state index contributed by atoms with van der Waals surface area (Å²) in [4.78, 5) is 0. The number of benzene rings is 1. The molecule has 0 spiro atoms. The summed E-state index contributed by atoms with van der Waals surface area (Å²) in [6.07, 6.45) is 4.51. The van der Waals surface area contributed by atoms with Gasteiger partial charge in [-0.15, -0.1) is 0 Å². The lowest BCUT2D eigenvalue weighted by molar-refractivity contribution is 0.456. The highest BCUT2D eigenvalue weighted by atomic mass is 79.9. The zero-order valence-corrected chi connectivity index (χ0v) is 12.5. The topological polar surface area (TPSA) is 12.0 Å². The van der Waals surface area contributed by atoms with Crippen molar-refractivity contribution in [3.05, 3.63) is 33.3 Å². The van der Waals surface area contributed by atoms with Gasteiger partial charge in [0, 0.05) is 17.1 Å². The van der Waals surface area contributed by atoms with Crippen LogP contribution in [0.3, 0.4) is 0 Å². The van der Waals surface area contributed by atoms with Crippen molar-refractivity contribution in [2.45, 2.75) is 31.8 Å². The normalized spacial score (nSPS) is 40.0. The largest absolute Gasteiger partial charge is 0.309 e. The van der Waals surface area contributed by atoms with E-state index in [0.29, 0.717) is 0 Å². The first-order valence-corrected chi connectivity index (χ1v) is 8.08. The van der Waals surface area contributed by atoms with Crippen molar-refractivity contribution in [1.29, 1.82) is 0 Å². The summed E-state index contributed by atoms with van der Waals surface area (Å²) < 4.78 is 0.981. The number of nitrogens with one attached hydrogen (secondary N) is 1. The molecule has 1 nitrogen and oxygen atoms in total. The van der Waals surface area contributed by atoms with E-state index in [1.807, 2.05) is 6.07 Å². The van der Waals surface area contributed by atoms with Crippen LogP contribution in [0.5, 0.6) is 0 Å². The van der Waals surface area contributed by atoms with E-state index in [-0.39, 0.29) is 0 Å². The summed E-state index contributed by atoms with van der Waals surface area (Å²) in [5.74, 6) is 4.11. The fourth-order valence-electron chi connectivity index (χ4n) is 4.48. The second-order valence-electron chi connectivity index (χ2n) is 6.14. The molecule has 3 heteroatoms. The zero-order chi connectivity index (χ0) is 12.3. The molecule has 3 aliphatic rings. The Kier molecular flexibility index (Phi) is 2.76. The molecule has 96 valence electrons. The van der Waals surface area contributed by atoms with E-state index in [4.69, 9.17) is 11.6 Å². The van der Waals surface area contributed by atoms with Gasteiger partial charge in [0.05, 0.1) is 5.02 Å². The van der Waals surface area contributed by atoms with Gasteiger partial charge < -0.3 is 5.32 Å². The van der Waals surface area contributed by atoms with Gasteiger partial charge in [-0.3, -0.25) is 0 Å². The molecule has 0 aromatic heterocycles. The summed E-state index contributed by atoms with van der Waals surface area (Å²) >= 11 is 9.56. The second-order valence-corrected chi connectivity index (χ2v) is 7.40. The van der Waals surface area contributed by atoms with Crippen LogP contribution in [0.25, 0.3) is 0 Å². The maximum absolute atomic E-state index is 6.12. The number of hydrogen-bond donors (Lipinski definition) is 1. The first-order valence-electron chi connectivity index (χ1n) is 6.91. The number of hydrogen-bond acceptors (Lipinski definition) is 1. The van der Waals surface area contributed by atoms with Gasteiger partial charge in [-0.25, -0.2) is 0 Å². The first-order chi connectivity index (χ1) is 8.74. The van der Waals surface area contributed by atoms with E-state index in [1.165, 1.54) is 24.8 Å². The van der Waals surface area contributed by atoms with Gasteiger partial charge in [-0.05, 0) is 76.6 Å². The van der Waals surface area contributed by atoms with Gasteiger partial charge in [0.1, 0.15) is 0 Å². The SMILES string of the molecule is Clc1cc(CNC2C3C4CCC(C4)C23)ccc1Br. The predicted molar refractivity (Wildman–Crippen MR) is 77.6 cm³/mol. The lowest BCUT2D eigenvalue weighted by Crippen LogP contribution is -2.22. The molecular formula is C15H17BrClN. The van der Waals surface area contributed by atoms with Crippen LogP contribution in [0.1, 0.15) is 24.8 Å². The minimum atomic E-state index is 0.804. The third-order valence-corrected chi connectivity index (χ3v) is 6.49. The predicted octanol–water partition coefficient (Wildman–Crippen LogP) is 4.24. The Hall–Kier alpha value is -0.0500. The molecule has 3 fully saturated rings. The molecule has 0 radical (unpaired) electrons. The molecule has 18 heavy (non-hydrogen) atoms. The number of halogens is 2. The second kappa shape index (κ2) is 4.22. The van der Waals surface area contributed by atoms with Gasteiger partial charge >= 0.3 is 0 Å². The summed E-state index contributed by atoms with van der Waals surface area (Å²) in [6.45, 7) is 0.962. The Morgan fingerprint density at radius 2 is 1.94 bits per heavy atom. The maximum Gasteiger partial charge on any atom is 0.0551 e. The Morgan fingerprint density at radius 3 is 2.61 bits per heavy atom. The molecule has 4 unspecified atom stereocenters. The number of rotatable bonds is 3. The Labute approximate surface area is 121 Å². The molecule has 2 bridgehead atoms. The highest BCUT2D eigenvalue weighted by Gasteiger charge is 2.64. The summed E-state index contributed by atoms with van der Waals surface area (Å²) in [7, 11) is 0. The van der Waals surface area contributed by atoms with Crippen molar-refractivity contribution in [1.82, 2.24) is 5.32 Å². The fourth-order valence-corrected chi connectivity index (χ4v) is 4.93. The smallest absolute Gasteiger partial charge is 0.0551 e. The number of fused-ring (bicyclic) bond motifs is 5. The van der Waals surface area contributed by atoms with Crippen molar-refractivity contribution < 1.29 is 0 Å². The molecule has 1 aromatic carbocycles. The van der Waals surface area contributed by atoms with Crippen LogP contribution in [0.2, 0.25) is 5.02 Å². The molecule has 1 N–H and O–H groups in total. The molecule has 4 rings (SSSR count). The van der Waals surface area contributed by atoms with Crippen molar-refractivity contribution in [2.75, 3.05) is 0 Å². The Bertz CT molecular complexity index is 473. The molecular weight excluding hydrogens is 310 g/mol. The molecule has 0 aliphatic heterocycles. The molecule has 0 saturated heterocycles. The minimum absolute atomic E-state index is 0.804. The molecule has 1 aromatic rings. The van der Waals surface area contributed by atoms with Crippen molar-refractivity contribution in [2.24, 2.45) is 23.7 Å². The third kappa shape index (κ3) is 1.76. The van der Waals surface area contributed by atoms with Crippen molar-refractivity contribution >= 4 is 27.5 Å². The molecule has 0 amide bonds. The average molecular weight is 327 g/mol. The van der Waals surface area contributed by atoms with E-state index in [9.17, 15) is 0 Å². The average Bonchev–Trinajstić information content (AvgIpc) is 2.76. The van der Waals surface area contributed by atoms with Gasteiger partial charge in [0.2, 0.25) is 0 Å². The summed E-state index contributed by atoms with van der Waals surface area (Å²) in [5.41, 5.74) is 1.29. The van der Waals surface area contributed by atoms with Crippen LogP contribution in [0.4, 0.5) is 0 Å². The summed E-state index contributed by atoms with van der Waals surface area (Å²) in [6, 6.07) is 7.05. The van der Waals surface area contributed by atoms with Crippen LogP contribution in [0, 0.1) is 23.7 Å². The lowest BCUT2D eigenvalue weighted by atomic mass is 10.0. The van der Waals surface area contributed by atoms with Gasteiger partial charge in [-0.1, -0.05) is 17.7 Å². The van der Waals surface area contributed by atoms with Crippen molar-refractivity contribution in [3.8, 4) is 0 Å². The first kappa shape index (κ1) is 11.7. The van der Waals surface area contributed by atoms with Crippen LogP contribution in [-0.4, -0.2) is 6.04 Å².